The van der Waals surface area contributed by atoms with Gasteiger partial charge in [0.1, 0.15) is 30.0 Å². The first-order valence-corrected chi connectivity index (χ1v) is 16.6. The van der Waals surface area contributed by atoms with Crippen molar-refractivity contribution in [1.29, 1.82) is 0 Å². The zero-order valence-corrected chi connectivity index (χ0v) is 28.7. The van der Waals surface area contributed by atoms with E-state index in [1.54, 1.807) is 38.1 Å². The molecule has 2 aromatic carbocycles. The molecular weight excluding hydrogens is 649 g/mol. The van der Waals surface area contributed by atoms with Crippen LogP contribution in [-0.2, 0) is 35.2 Å². The van der Waals surface area contributed by atoms with Gasteiger partial charge in [-0.25, -0.2) is 4.39 Å². The number of likely N-dealkylation sites (N-methyl/N-ethyl adjacent to an activating group) is 1. The highest BCUT2D eigenvalue weighted by Gasteiger charge is 2.32. The molecule has 0 unspecified atom stereocenters. The Morgan fingerprint density at radius 1 is 0.920 bits per heavy atom. The van der Waals surface area contributed by atoms with Crippen molar-refractivity contribution in [2.75, 3.05) is 26.7 Å². The van der Waals surface area contributed by atoms with Crippen LogP contribution in [0.2, 0.25) is 0 Å². The Kier molecular flexibility index (Phi) is 14.9. The molecule has 1 saturated heterocycles. The molecule has 1 aliphatic rings. The van der Waals surface area contributed by atoms with Crippen LogP contribution in [0.3, 0.4) is 0 Å². The van der Waals surface area contributed by atoms with Gasteiger partial charge in [-0.3, -0.25) is 33.6 Å². The predicted molar refractivity (Wildman–Crippen MR) is 182 cm³/mol. The molecule has 3 rings (SSSR count). The highest BCUT2D eigenvalue weighted by Crippen LogP contribution is 2.09. The lowest BCUT2D eigenvalue weighted by molar-refractivity contribution is -0.139. The molecule has 6 N–H and O–H groups in total. The summed E-state index contributed by atoms with van der Waals surface area (Å²) in [4.78, 5) is 92.6. The van der Waals surface area contributed by atoms with E-state index in [1.165, 1.54) is 37.1 Å². The van der Waals surface area contributed by atoms with Gasteiger partial charge in [0.2, 0.25) is 35.4 Å². The molecule has 14 nitrogen and oxygen atoms in total. The van der Waals surface area contributed by atoms with E-state index in [2.05, 4.69) is 31.9 Å². The number of hydrogen-bond acceptors (Lipinski definition) is 7. The molecule has 4 atom stereocenters. The number of carbonyl (C=O) groups is 7. The molecule has 2 aromatic rings. The number of benzene rings is 2. The quantitative estimate of drug-likeness (QED) is 0.227. The Morgan fingerprint density at radius 3 is 2.28 bits per heavy atom. The van der Waals surface area contributed by atoms with E-state index in [0.717, 1.165) is 11.6 Å². The third-order valence-corrected chi connectivity index (χ3v) is 8.05. The number of nitrogens with zero attached hydrogens (tertiary/aromatic N) is 1. The number of carbonyl (C=O) groups excluding carboxylic acids is 7. The smallest absolute Gasteiger partial charge is 0.254 e. The van der Waals surface area contributed by atoms with Crippen LogP contribution in [0.1, 0.15) is 56.0 Å². The minimum atomic E-state index is -1.13. The summed E-state index contributed by atoms with van der Waals surface area (Å²) in [5.74, 6) is -5.36. The van der Waals surface area contributed by atoms with Crippen molar-refractivity contribution in [2.45, 2.75) is 70.6 Å². The van der Waals surface area contributed by atoms with Gasteiger partial charge < -0.3 is 36.8 Å². The van der Waals surface area contributed by atoms with Gasteiger partial charge in [-0.1, -0.05) is 56.3 Å². The second-order valence-electron chi connectivity index (χ2n) is 12.5. The number of amides is 7. The van der Waals surface area contributed by atoms with Crippen LogP contribution in [-0.4, -0.2) is 97.1 Å². The summed E-state index contributed by atoms with van der Waals surface area (Å²) in [6.45, 7) is 4.51. The monoisotopic (exact) mass is 695 g/mol. The van der Waals surface area contributed by atoms with Gasteiger partial charge in [0.25, 0.3) is 5.91 Å². The van der Waals surface area contributed by atoms with Gasteiger partial charge >= 0.3 is 0 Å². The maximum absolute atomic E-state index is 13.9. The summed E-state index contributed by atoms with van der Waals surface area (Å²) in [7, 11) is 1.44. The molecule has 1 aliphatic heterocycles. The first kappa shape index (κ1) is 39.1. The van der Waals surface area contributed by atoms with Gasteiger partial charge in [-0.05, 0) is 43.4 Å². The van der Waals surface area contributed by atoms with Crippen molar-refractivity contribution in [3.63, 3.8) is 0 Å². The molecule has 50 heavy (non-hydrogen) atoms. The molecule has 0 radical (unpaired) electrons. The molecule has 0 saturated carbocycles. The van der Waals surface area contributed by atoms with E-state index >= 15 is 0 Å². The lowest BCUT2D eigenvalue weighted by atomic mass is 10.0. The zero-order valence-electron chi connectivity index (χ0n) is 28.7. The SMILES string of the molecule is CC(C)[C@H]1NC(=O)[C@@H](NC(=O)CCNC(=O)c2ccccc2F)CCCNC(=O)CN(C)C(=O)[C@H](Cc2ccccc2)NC(=O)[C@@H](C)NC1=O. The van der Waals surface area contributed by atoms with Crippen molar-refractivity contribution >= 4 is 41.4 Å². The number of nitrogens with one attached hydrogen (secondary N) is 6. The van der Waals surface area contributed by atoms with Crippen LogP contribution < -0.4 is 31.9 Å². The second-order valence-corrected chi connectivity index (χ2v) is 12.5. The van der Waals surface area contributed by atoms with Crippen LogP contribution in [0.5, 0.6) is 0 Å². The molecule has 0 aliphatic carbocycles. The molecule has 0 aromatic heterocycles. The Labute approximate surface area is 290 Å². The van der Waals surface area contributed by atoms with Crippen LogP contribution >= 0.6 is 0 Å². The van der Waals surface area contributed by atoms with Gasteiger partial charge in [-0.15, -0.1) is 0 Å². The summed E-state index contributed by atoms with van der Waals surface area (Å²) < 4.78 is 13.9. The normalized spacial score (nSPS) is 21.6. The number of rotatable bonds is 8. The lowest BCUT2D eigenvalue weighted by Crippen LogP contribution is -2.59. The van der Waals surface area contributed by atoms with Crippen LogP contribution in [0.4, 0.5) is 4.39 Å². The van der Waals surface area contributed by atoms with Crippen LogP contribution in [0.25, 0.3) is 0 Å². The minimum absolute atomic E-state index is 0.0681. The summed E-state index contributed by atoms with van der Waals surface area (Å²) in [6, 6.07) is 10.1. The van der Waals surface area contributed by atoms with Crippen LogP contribution in [0, 0.1) is 11.7 Å². The third-order valence-electron chi connectivity index (χ3n) is 8.05. The van der Waals surface area contributed by atoms with Crippen molar-refractivity contribution < 1.29 is 38.0 Å². The number of hydrogen-bond donors (Lipinski definition) is 6. The third kappa shape index (κ3) is 12.0. The van der Waals surface area contributed by atoms with E-state index in [4.69, 9.17) is 0 Å². The highest BCUT2D eigenvalue weighted by molar-refractivity contribution is 5.96. The first-order chi connectivity index (χ1) is 23.8. The van der Waals surface area contributed by atoms with Crippen molar-refractivity contribution in [2.24, 2.45) is 5.92 Å². The molecule has 0 spiro atoms. The zero-order chi connectivity index (χ0) is 36.8. The minimum Gasteiger partial charge on any atom is -0.355 e. The Morgan fingerprint density at radius 2 is 1.60 bits per heavy atom. The predicted octanol–water partition coefficient (Wildman–Crippen LogP) is 0.172. The lowest BCUT2D eigenvalue weighted by Gasteiger charge is -2.28. The fourth-order valence-electron chi connectivity index (χ4n) is 5.22. The van der Waals surface area contributed by atoms with Crippen molar-refractivity contribution in [1.82, 2.24) is 36.8 Å². The number of halogens is 1. The summed E-state index contributed by atoms with van der Waals surface area (Å²) in [6.07, 6.45) is 0.230. The second kappa shape index (κ2) is 19.0. The van der Waals surface area contributed by atoms with E-state index in [1.807, 2.05) is 6.07 Å². The molecule has 7 amide bonds. The van der Waals surface area contributed by atoms with Gasteiger partial charge in [0.05, 0.1) is 12.1 Å². The summed E-state index contributed by atoms with van der Waals surface area (Å²) in [5.41, 5.74) is 0.602. The maximum Gasteiger partial charge on any atom is 0.254 e. The van der Waals surface area contributed by atoms with Crippen molar-refractivity contribution in [3.05, 3.63) is 71.5 Å². The molecule has 15 heteroatoms. The largest absolute Gasteiger partial charge is 0.355 e. The maximum atomic E-state index is 13.9. The molecular formula is C35H46FN7O7. The van der Waals surface area contributed by atoms with Crippen molar-refractivity contribution in [3.8, 4) is 0 Å². The average molecular weight is 696 g/mol. The van der Waals surface area contributed by atoms with Gasteiger partial charge in [0.15, 0.2) is 0 Å². The van der Waals surface area contributed by atoms with Crippen LogP contribution in [0.15, 0.2) is 54.6 Å². The summed E-state index contributed by atoms with van der Waals surface area (Å²) in [5, 5.41) is 15.8. The van der Waals surface area contributed by atoms with E-state index in [-0.39, 0.29) is 50.9 Å². The average Bonchev–Trinajstić information content (AvgIpc) is 3.07. The highest BCUT2D eigenvalue weighted by atomic mass is 19.1. The molecule has 1 fully saturated rings. The molecule has 270 valence electrons. The first-order valence-electron chi connectivity index (χ1n) is 16.6. The Hall–Kier alpha value is -5.34. The van der Waals surface area contributed by atoms with E-state index in [0.29, 0.717) is 0 Å². The Bertz CT molecular complexity index is 1540. The topological polar surface area (TPSA) is 195 Å². The van der Waals surface area contributed by atoms with Gasteiger partial charge in [-0.2, -0.15) is 0 Å². The fraction of sp³-hybridized carbons (Fsp3) is 0.457. The molecule has 0 bridgehead atoms. The Balaban J connectivity index is 1.74. The van der Waals surface area contributed by atoms with E-state index in [9.17, 15) is 38.0 Å². The van der Waals surface area contributed by atoms with E-state index < -0.39 is 77.3 Å². The standard InChI is InChI=1S/C35H46FN7O7/c1-21(2)30-34(49)39-22(3)31(46)41-27(19-23-11-6-5-7-12-23)35(50)43(4)20-29(45)37-17-10-15-26(33(48)42-30)40-28(44)16-18-38-32(47)24-13-8-9-14-25(24)36/h5-9,11-14,21-22,26-27,30H,10,15-20H2,1-4H3,(H,37,45)(H,38,47)(H,39,49)(H,40,44)(H,41,46)(H,42,48)/t22-,26+,27+,30-/m1/s1. The van der Waals surface area contributed by atoms with Gasteiger partial charge in [0, 0.05) is 33.0 Å². The molecule has 1 heterocycles. The summed E-state index contributed by atoms with van der Waals surface area (Å²) >= 11 is 0. The fourth-order valence-corrected chi connectivity index (χ4v) is 5.22.